The fraction of sp³-hybridized carbons (Fsp3) is 0.0952. The van der Waals surface area contributed by atoms with Gasteiger partial charge in [0.2, 0.25) is 0 Å². The number of aromatic hydroxyl groups is 1. The number of benzene rings is 2. The second-order valence-corrected chi connectivity index (χ2v) is 6.10. The number of aromatic nitrogens is 1. The van der Waals surface area contributed by atoms with Gasteiger partial charge in [0.25, 0.3) is 11.5 Å². The minimum atomic E-state index is -0.547. The van der Waals surface area contributed by atoms with Gasteiger partial charge in [0.1, 0.15) is 28.9 Å². The average molecular weight is 393 g/mol. The van der Waals surface area contributed by atoms with E-state index in [0.717, 1.165) is 17.7 Å². The van der Waals surface area contributed by atoms with Gasteiger partial charge in [-0.2, -0.15) is 5.26 Å². The third-order valence-electron chi connectivity index (χ3n) is 4.24. The Morgan fingerprint density at radius 2 is 1.97 bits per heavy atom. The molecular weight excluding hydrogens is 377 g/mol. The molecule has 1 aromatic heterocycles. The smallest absolute Gasteiger partial charge is 0.255 e. The summed E-state index contributed by atoms with van der Waals surface area (Å²) in [4.78, 5) is 26.5. The molecular formula is C21H16FN3O4. The fourth-order valence-electron chi connectivity index (χ4n) is 2.80. The molecule has 0 radical (unpaired) electrons. The highest BCUT2D eigenvalue weighted by Gasteiger charge is 2.14. The summed E-state index contributed by atoms with van der Waals surface area (Å²) in [5.41, 5.74) is 0.980. The molecule has 0 aliphatic rings. The third-order valence-corrected chi connectivity index (χ3v) is 4.24. The zero-order valence-corrected chi connectivity index (χ0v) is 15.3. The summed E-state index contributed by atoms with van der Waals surface area (Å²) in [5.74, 6) is -1.18. The second-order valence-electron chi connectivity index (χ2n) is 6.10. The van der Waals surface area contributed by atoms with Crippen molar-refractivity contribution in [1.82, 2.24) is 10.3 Å². The largest absolute Gasteiger partial charge is 0.506 e. The molecule has 2 aromatic carbocycles. The number of ether oxygens (including phenoxy) is 1. The highest BCUT2D eigenvalue weighted by Crippen LogP contribution is 2.26. The second kappa shape index (κ2) is 8.27. The molecule has 0 aliphatic heterocycles. The van der Waals surface area contributed by atoms with Crippen LogP contribution in [0.3, 0.4) is 0 Å². The van der Waals surface area contributed by atoms with Crippen LogP contribution in [0.2, 0.25) is 0 Å². The summed E-state index contributed by atoms with van der Waals surface area (Å²) in [6, 6.07) is 13.2. The molecule has 3 aromatic rings. The predicted octanol–water partition coefficient (Wildman–Crippen LogP) is 2.70. The lowest BCUT2D eigenvalue weighted by molar-refractivity contribution is 0.0947. The number of H-pyrrole nitrogens is 1. The van der Waals surface area contributed by atoms with Gasteiger partial charge in [-0.05, 0) is 29.3 Å². The number of rotatable bonds is 5. The van der Waals surface area contributed by atoms with Gasteiger partial charge in [-0.3, -0.25) is 9.59 Å². The van der Waals surface area contributed by atoms with Gasteiger partial charge in [0.15, 0.2) is 0 Å². The number of methoxy groups -OCH3 is 1. The van der Waals surface area contributed by atoms with E-state index in [0.29, 0.717) is 5.56 Å². The van der Waals surface area contributed by atoms with Crippen LogP contribution in [0.25, 0.3) is 11.3 Å². The Hall–Kier alpha value is -4.12. The van der Waals surface area contributed by atoms with Gasteiger partial charge in [-0.1, -0.05) is 24.3 Å². The summed E-state index contributed by atoms with van der Waals surface area (Å²) in [5, 5.41) is 21.7. The van der Waals surface area contributed by atoms with Crippen LogP contribution in [-0.4, -0.2) is 23.1 Å². The standard InChI is InChI=1S/C21H16FN3O4/c1-29-18-7-6-14(22)8-15(18)21(28)24-11-12-2-4-13(5-3-12)20-16(10-23)17(26)9-19(27)25-20/h2-9H,11H2,1H3,(H,24,28)(H2,25,26,27). The first-order valence-corrected chi connectivity index (χ1v) is 8.50. The number of carbonyl (C=O) groups is 1. The van der Waals surface area contributed by atoms with Crippen molar-refractivity contribution >= 4 is 5.91 Å². The topological polar surface area (TPSA) is 115 Å². The molecule has 146 valence electrons. The Kier molecular flexibility index (Phi) is 5.60. The number of aromatic amines is 1. The molecule has 0 saturated heterocycles. The number of nitrogens with zero attached hydrogens (tertiary/aromatic N) is 1. The van der Waals surface area contributed by atoms with Crippen LogP contribution in [-0.2, 0) is 6.54 Å². The third kappa shape index (κ3) is 4.25. The van der Waals surface area contributed by atoms with Gasteiger partial charge in [0, 0.05) is 12.6 Å². The number of halogens is 1. The summed E-state index contributed by atoms with van der Waals surface area (Å²) in [6.45, 7) is 0.167. The highest BCUT2D eigenvalue weighted by molar-refractivity contribution is 5.96. The molecule has 1 amide bonds. The number of carbonyl (C=O) groups excluding carboxylic acids is 1. The van der Waals surface area contributed by atoms with Crippen LogP contribution in [0.15, 0.2) is 53.3 Å². The molecule has 0 saturated carbocycles. The summed E-state index contributed by atoms with van der Waals surface area (Å²) < 4.78 is 18.5. The maximum Gasteiger partial charge on any atom is 0.255 e. The number of hydrogen-bond donors (Lipinski definition) is 3. The lowest BCUT2D eigenvalue weighted by atomic mass is 10.0. The normalized spacial score (nSPS) is 10.2. The summed E-state index contributed by atoms with van der Waals surface area (Å²) in [6.07, 6.45) is 0. The van der Waals surface area contributed by atoms with Crippen LogP contribution < -0.4 is 15.6 Å². The Morgan fingerprint density at radius 1 is 1.24 bits per heavy atom. The monoisotopic (exact) mass is 393 g/mol. The number of amides is 1. The van der Waals surface area contributed by atoms with E-state index in [-0.39, 0.29) is 29.1 Å². The van der Waals surface area contributed by atoms with Crippen LogP contribution in [0.1, 0.15) is 21.5 Å². The SMILES string of the molecule is COc1ccc(F)cc1C(=O)NCc1ccc(-c2[nH]c(=O)cc(O)c2C#N)cc1. The molecule has 3 rings (SSSR count). The summed E-state index contributed by atoms with van der Waals surface area (Å²) >= 11 is 0. The van der Waals surface area contributed by atoms with Crippen molar-refractivity contribution < 1.29 is 19.0 Å². The fourth-order valence-corrected chi connectivity index (χ4v) is 2.80. The molecule has 0 fully saturated rings. The van der Waals surface area contributed by atoms with Crippen LogP contribution in [0.4, 0.5) is 4.39 Å². The molecule has 29 heavy (non-hydrogen) atoms. The number of nitrogens with one attached hydrogen (secondary N) is 2. The van der Waals surface area contributed by atoms with Gasteiger partial charge >= 0.3 is 0 Å². The van der Waals surface area contributed by atoms with E-state index < -0.39 is 23.0 Å². The number of nitriles is 1. The van der Waals surface area contributed by atoms with Gasteiger partial charge < -0.3 is 20.1 Å². The molecule has 0 spiro atoms. The van der Waals surface area contributed by atoms with Crippen molar-refractivity contribution in [3.05, 3.63) is 81.4 Å². The van der Waals surface area contributed by atoms with E-state index in [1.54, 1.807) is 24.3 Å². The highest BCUT2D eigenvalue weighted by atomic mass is 19.1. The molecule has 7 nitrogen and oxygen atoms in total. The van der Waals surface area contributed by atoms with E-state index in [2.05, 4.69) is 10.3 Å². The van der Waals surface area contributed by atoms with E-state index >= 15 is 0 Å². The molecule has 1 heterocycles. The first-order valence-electron chi connectivity index (χ1n) is 8.50. The molecule has 8 heteroatoms. The van der Waals surface area contributed by atoms with Crippen molar-refractivity contribution in [2.75, 3.05) is 7.11 Å². The minimum absolute atomic E-state index is 0.0381. The van der Waals surface area contributed by atoms with E-state index in [9.17, 15) is 24.3 Å². The van der Waals surface area contributed by atoms with Crippen LogP contribution >= 0.6 is 0 Å². The molecule has 0 atom stereocenters. The van der Waals surface area contributed by atoms with Crippen molar-refractivity contribution in [1.29, 1.82) is 5.26 Å². The van der Waals surface area contributed by atoms with Crippen LogP contribution in [0, 0.1) is 17.1 Å². The zero-order valence-electron chi connectivity index (χ0n) is 15.3. The predicted molar refractivity (Wildman–Crippen MR) is 103 cm³/mol. The number of pyridine rings is 1. The number of hydrogen-bond acceptors (Lipinski definition) is 5. The summed E-state index contributed by atoms with van der Waals surface area (Å²) in [7, 11) is 1.39. The Balaban J connectivity index is 1.77. The van der Waals surface area contributed by atoms with Crippen molar-refractivity contribution in [2.24, 2.45) is 0 Å². The maximum absolute atomic E-state index is 13.4. The zero-order chi connectivity index (χ0) is 21.0. The maximum atomic E-state index is 13.4. The van der Waals surface area contributed by atoms with Crippen molar-refractivity contribution in [3.63, 3.8) is 0 Å². The van der Waals surface area contributed by atoms with E-state index in [1.807, 2.05) is 6.07 Å². The first kappa shape index (κ1) is 19.6. The average Bonchev–Trinajstić information content (AvgIpc) is 2.72. The van der Waals surface area contributed by atoms with Crippen molar-refractivity contribution in [3.8, 4) is 28.8 Å². The van der Waals surface area contributed by atoms with Crippen LogP contribution in [0.5, 0.6) is 11.5 Å². The van der Waals surface area contributed by atoms with E-state index in [1.165, 1.54) is 19.2 Å². The molecule has 0 bridgehead atoms. The van der Waals surface area contributed by atoms with Crippen molar-refractivity contribution in [2.45, 2.75) is 6.54 Å². The molecule has 0 aliphatic carbocycles. The first-order chi connectivity index (χ1) is 13.9. The van der Waals surface area contributed by atoms with Gasteiger partial charge in [-0.15, -0.1) is 0 Å². The van der Waals surface area contributed by atoms with Gasteiger partial charge in [-0.25, -0.2) is 4.39 Å². The lowest BCUT2D eigenvalue weighted by Crippen LogP contribution is -2.23. The Labute approximate surface area is 165 Å². The Bertz CT molecular complexity index is 1160. The molecule has 3 N–H and O–H groups in total. The quantitative estimate of drug-likeness (QED) is 0.616. The Morgan fingerprint density at radius 3 is 2.62 bits per heavy atom. The molecule has 0 unspecified atom stereocenters. The minimum Gasteiger partial charge on any atom is -0.506 e. The van der Waals surface area contributed by atoms with E-state index in [4.69, 9.17) is 4.74 Å². The van der Waals surface area contributed by atoms with Gasteiger partial charge in [0.05, 0.1) is 18.4 Å². The lowest BCUT2D eigenvalue weighted by Gasteiger charge is -2.10.